The number of benzene rings is 1. The molecule has 0 heterocycles. The molecule has 2 rings (SSSR count). The third-order valence-corrected chi connectivity index (χ3v) is 3.68. The first-order valence-corrected chi connectivity index (χ1v) is 6.31. The van der Waals surface area contributed by atoms with Crippen LogP contribution < -0.4 is 0 Å². The highest BCUT2D eigenvalue weighted by atomic mass is 14.3. The van der Waals surface area contributed by atoms with Crippen molar-refractivity contribution in [2.24, 2.45) is 0 Å². The van der Waals surface area contributed by atoms with Gasteiger partial charge in [-0.1, -0.05) is 49.1 Å². The average Bonchev–Trinajstić information content (AvgIpc) is 2.82. The van der Waals surface area contributed by atoms with Crippen LogP contribution in [-0.2, 0) is 0 Å². The summed E-state index contributed by atoms with van der Waals surface area (Å²) in [7, 11) is 0. The Labute approximate surface area is 104 Å². The van der Waals surface area contributed by atoms with Crippen molar-refractivity contribution in [2.75, 3.05) is 0 Å². The summed E-state index contributed by atoms with van der Waals surface area (Å²) < 4.78 is 0. The van der Waals surface area contributed by atoms with Crippen molar-refractivity contribution in [1.82, 2.24) is 0 Å². The van der Waals surface area contributed by atoms with E-state index >= 15 is 0 Å². The molecule has 1 aliphatic rings. The normalized spacial score (nSPS) is 25.1. The lowest BCUT2D eigenvalue weighted by Crippen LogP contribution is -1.98. The minimum atomic E-state index is 0.556. The number of hydrogen-bond donors (Lipinski definition) is 0. The van der Waals surface area contributed by atoms with Crippen LogP contribution in [0.25, 0.3) is 0 Å². The minimum absolute atomic E-state index is 0.556. The summed E-state index contributed by atoms with van der Waals surface area (Å²) in [6.07, 6.45) is 6.66. The zero-order valence-corrected chi connectivity index (χ0v) is 10.7. The quantitative estimate of drug-likeness (QED) is 0.662. The molecule has 1 atom stereocenters. The molecule has 0 bridgehead atoms. The zero-order valence-electron chi connectivity index (χ0n) is 10.7. The highest BCUT2D eigenvalue weighted by molar-refractivity contribution is 5.49. The van der Waals surface area contributed by atoms with E-state index in [0.29, 0.717) is 5.92 Å². The first kappa shape index (κ1) is 11.9. The van der Waals surface area contributed by atoms with Crippen LogP contribution in [0.3, 0.4) is 0 Å². The molecule has 88 valence electrons. The number of allylic oxidation sites excluding steroid dienone is 5. The minimum Gasteiger partial charge on any atom is -0.0988 e. The van der Waals surface area contributed by atoms with Crippen molar-refractivity contribution in [2.45, 2.75) is 32.6 Å². The van der Waals surface area contributed by atoms with Gasteiger partial charge in [-0.25, -0.2) is 0 Å². The standard InChI is InChI=1S/C17H20/c1-4-13(3)17-14(5-2)11-12-16(17)15-9-7-6-8-10-15/h4-10,16H,1,11-12H2,2-3H3/b14-5+,17-13+. The molecule has 17 heavy (non-hydrogen) atoms. The molecule has 0 amide bonds. The van der Waals surface area contributed by atoms with E-state index in [9.17, 15) is 0 Å². The molecule has 0 spiro atoms. The van der Waals surface area contributed by atoms with E-state index in [-0.39, 0.29) is 0 Å². The van der Waals surface area contributed by atoms with Crippen LogP contribution in [-0.4, -0.2) is 0 Å². The second-order valence-corrected chi connectivity index (χ2v) is 4.62. The Hall–Kier alpha value is -1.56. The van der Waals surface area contributed by atoms with E-state index in [2.05, 4.69) is 56.8 Å². The lowest BCUT2D eigenvalue weighted by atomic mass is 9.89. The molecule has 0 heteroatoms. The van der Waals surface area contributed by atoms with Crippen LogP contribution in [0, 0.1) is 0 Å². The van der Waals surface area contributed by atoms with Gasteiger partial charge in [0.25, 0.3) is 0 Å². The molecule has 1 fully saturated rings. The van der Waals surface area contributed by atoms with Gasteiger partial charge in [0, 0.05) is 5.92 Å². The SMILES string of the molecule is C=C/C(C)=C1\C(=C\C)CCC1c1ccccc1. The molecule has 1 aromatic rings. The van der Waals surface area contributed by atoms with Crippen molar-refractivity contribution in [1.29, 1.82) is 0 Å². The van der Waals surface area contributed by atoms with Gasteiger partial charge in [-0.3, -0.25) is 0 Å². The maximum absolute atomic E-state index is 3.92. The predicted molar refractivity (Wildman–Crippen MR) is 75.1 cm³/mol. The second-order valence-electron chi connectivity index (χ2n) is 4.62. The van der Waals surface area contributed by atoms with Gasteiger partial charge in [0.15, 0.2) is 0 Å². The summed E-state index contributed by atoms with van der Waals surface area (Å²) >= 11 is 0. The largest absolute Gasteiger partial charge is 0.0988 e. The van der Waals surface area contributed by atoms with E-state index in [4.69, 9.17) is 0 Å². The van der Waals surface area contributed by atoms with Gasteiger partial charge in [0.05, 0.1) is 0 Å². The summed E-state index contributed by atoms with van der Waals surface area (Å²) in [4.78, 5) is 0. The second kappa shape index (κ2) is 5.18. The van der Waals surface area contributed by atoms with Crippen molar-refractivity contribution in [3.05, 3.63) is 71.3 Å². The number of hydrogen-bond acceptors (Lipinski definition) is 0. The maximum Gasteiger partial charge on any atom is 0.00977 e. The summed E-state index contributed by atoms with van der Waals surface area (Å²) in [6.45, 7) is 8.23. The van der Waals surface area contributed by atoms with Gasteiger partial charge in [-0.15, -0.1) is 0 Å². The summed E-state index contributed by atoms with van der Waals surface area (Å²) in [5.41, 5.74) is 5.75. The molecule has 0 saturated heterocycles. The molecule has 0 aliphatic heterocycles. The maximum atomic E-state index is 3.92. The first-order valence-electron chi connectivity index (χ1n) is 6.31. The third-order valence-electron chi connectivity index (χ3n) is 3.68. The molecule has 0 N–H and O–H groups in total. The molecule has 1 aromatic carbocycles. The molecular weight excluding hydrogens is 204 g/mol. The zero-order chi connectivity index (χ0) is 12.3. The van der Waals surface area contributed by atoms with E-state index in [1.54, 1.807) is 0 Å². The van der Waals surface area contributed by atoms with Crippen LogP contribution in [0.15, 0.2) is 65.8 Å². The Morgan fingerprint density at radius 3 is 2.59 bits per heavy atom. The van der Waals surface area contributed by atoms with Crippen LogP contribution >= 0.6 is 0 Å². The van der Waals surface area contributed by atoms with Gasteiger partial charge in [0.1, 0.15) is 0 Å². The van der Waals surface area contributed by atoms with Gasteiger partial charge < -0.3 is 0 Å². The highest BCUT2D eigenvalue weighted by Crippen LogP contribution is 2.44. The predicted octanol–water partition coefficient (Wildman–Crippen LogP) is 5.01. The van der Waals surface area contributed by atoms with Crippen molar-refractivity contribution in [3.8, 4) is 0 Å². The molecule has 0 aromatic heterocycles. The van der Waals surface area contributed by atoms with Crippen molar-refractivity contribution >= 4 is 0 Å². The fourth-order valence-corrected chi connectivity index (χ4v) is 2.76. The van der Waals surface area contributed by atoms with Crippen molar-refractivity contribution < 1.29 is 0 Å². The average molecular weight is 224 g/mol. The van der Waals surface area contributed by atoms with Gasteiger partial charge in [-0.2, -0.15) is 0 Å². The van der Waals surface area contributed by atoms with Crippen molar-refractivity contribution in [3.63, 3.8) is 0 Å². The monoisotopic (exact) mass is 224 g/mol. The van der Waals surface area contributed by atoms with E-state index < -0.39 is 0 Å². The Balaban J connectivity index is 2.46. The number of rotatable bonds is 2. The van der Waals surface area contributed by atoms with Gasteiger partial charge in [0.2, 0.25) is 0 Å². The lowest BCUT2D eigenvalue weighted by molar-refractivity contribution is 0.797. The van der Waals surface area contributed by atoms with Crippen LogP contribution in [0.2, 0.25) is 0 Å². The molecule has 0 nitrogen and oxygen atoms in total. The molecule has 0 radical (unpaired) electrons. The van der Waals surface area contributed by atoms with Crippen LogP contribution in [0.1, 0.15) is 38.2 Å². The summed E-state index contributed by atoms with van der Waals surface area (Å²) in [5.74, 6) is 0.556. The summed E-state index contributed by atoms with van der Waals surface area (Å²) in [6, 6.07) is 10.8. The van der Waals surface area contributed by atoms with Gasteiger partial charge in [-0.05, 0) is 49.0 Å². The third kappa shape index (κ3) is 2.26. The van der Waals surface area contributed by atoms with Crippen LogP contribution in [0.5, 0.6) is 0 Å². The Kier molecular flexibility index (Phi) is 3.63. The fraction of sp³-hybridized carbons (Fsp3) is 0.294. The Bertz CT molecular complexity index is 460. The Morgan fingerprint density at radius 1 is 1.29 bits per heavy atom. The smallest absolute Gasteiger partial charge is 0.00977 e. The van der Waals surface area contributed by atoms with Gasteiger partial charge >= 0.3 is 0 Å². The fourth-order valence-electron chi connectivity index (χ4n) is 2.76. The molecule has 1 aliphatic carbocycles. The van der Waals surface area contributed by atoms with Crippen LogP contribution in [0.4, 0.5) is 0 Å². The van der Waals surface area contributed by atoms with E-state index in [1.165, 1.54) is 35.1 Å². The summed E-state index contributed by atoms with van der Waals surface area (Å²) in [5, 5.41) is 0. The molecule has 1 unspecified atom stereocenters. The first-order chi connectivity index (χ1) is 8.27. The lowest BCUT2D eigenvalue weighted by Gasteiger charge is -2.15. The topological polar surface area (TPSA) is 0 Å². The molecule has 1 saturated carbocycles. The van der Waals surface area contributed by atoms with E-state index in [0.717, 1.165) is 0 Å². The molecular formula is C17H20. The highest BCUT2D eigenvalue weighted by Gasteiger charge is 2.27. The Morgan fingerprint density at radius 2 is 2.00 bits per heavy atom. The van der Waals surface area contributed by atoms with E-state index in [1.807, 2.05) is 6.08 Å².